The summed E-state index contributed by atoms with van der Waals surface area (Å²) in [6.45, 7) is 0.258. The molecule has 0 aliphatic heterocycles. The average molecular weight is 249 g/mol. The number of aliphatic hydroxyl groups excluding tert-OH is 1. The molecule has 0 aliphatic carbocycles. The third kappa shape index (κ3) is 3.01. The molecule has 0 aliphatic rings. The fraction of sp³-hybridized carbons (Fsp3) is 0.625. The third-order valence-electron chi connectivity index (χ3n) is 1.99. The maximum Gasteiger partial charge on any atom is 0.260 e. The van der Waals surface area contributed by atoms with Crippen LogP contribution in [0.15, 0.2) is 17.6 Å². The molecule has 1 heterocycles. The molecule has 2 N–H and O–H groups in total. The summed E-state index contributed by atoms with van der Waals surface area (Å²) in [7, 11) is -2.13. The van der Waals surface area contributed by atoms with Crippen LogP contribution in [0.5, 0.6) is 0 Å². The van der Waals surface area contributed by atoms with Gasteiger partial charge in [0.1, 0.15) is 0 Å². The van der Waals surface area contributed by atoms with Gasteiger partial charge in [0.05, 0.1) is 25.7 Å². The van der Waals surface area contributed by atoms with Crippen molar-refractivity contribution in [1.29, 1.82) is 0 Å². The number of sulfonamides is 1. The quantitative estimate of drug-likeness (QED) is 0.649. The number of imidazole rings is 1. The Hall–Kier alpha value is -0.960. The molecule has 0 fully saturated rings. The monoisotopic (exact) mass is 249 g/mol. The van der Waals surface area contributed by atoms with Gasteiger partial charge in [-0.25, -0.2) is 13.4 Å². The first kappa shape index (κ1) is 13.1. The summed E-state index contributed by atoms with van der Waals surface area (Å²) >= 11 is 0. The number of nitrogens with zero attached hydrogens (tertiary/aromatic N) is 2. The standard InChI is InChI=1S/C8H15N3O4S/c1-15-5-3-11(2-4-12)16(13,14)8-6-9-7-10-8/h6-7,12H,2-5H2,1H3,(H,9,10). The maximum absolute atomic E-state index is 12.0. The van der Waals surface area contributed by atoms with Crippen LogP contribution in [0, 0.1) is 0 Å². The van der Waals surface area contributed by atoms with Crippen LogP contribution in [-0.4, -0.2) is 61.2 Å². The molecule has 0 atom stereocenters. The summed E-state index contributed by atoms with van der Waals surface area (Å²) in [5, 5.41) is 8.84. The molecule has 0 amide bonds. The van der Waals surface area contributed by atoms with Crippen molar-refractivity contribution in [1.82, 2.24) is 14.3 Å². The maximum atomic E-state index is 12.0. The number of hydrogen-bond donors (Lipinski definition) is 2. The Bertz CT molecular complexity index is 389. The van der Waals surface area contributed by atoms with Crippen LogP contribution < -0.4 is 0 Å². The van der Waals surface area contributed by atoms with E-state index in [9.17, 15) is 8.42 Å². The molecule has 0 saturated carbocycles. The van der Waals surface area contributed by atoms with Crippen molar-refractivity contribution in [2.24, 2.45) is 0 Å². The van der Waals surface area contributed by atoms with E-state index in [1.54, 1.807) is 0 Å². The summed E-state index contributed by atoms with van der Waals surface area (Å²) in [6.07, 6.45) is 2.52. The van der Waals surface area contributed by atoms with Gasteiger partial charge in [0.25, 0.3) is 10.0 Å². The van der Waals surface area contributed by atoms with E-state index in [2.05, 4.69) is 9.97 Å². The zero-order chi connectivity index (χ0) is 12.0. The van der Waals surface area contributed by atoms with Gasteiger partial charge in [0.2, 0.25) is 0 Å². The summed E-state index contributed by atoms with van der Waals surface area (Å²) in [5.41, 5.74) is 0. The Morgan fingerprint density at radius 1 is 1.56 bits per heavy atom. The van der Waals surface area contributed by atoms with Crippen molar-refractivity contribution in [2.75, 3.05) is 33.4 Å². The minimum absolute atomic E-state index is 0.0112. The van der Waals surface area contributed by atoms with Gasteiger partial charge in [-0.3, -0.25) is 0 Å². The van der Waals surface area contributed by atoms with Crippen molar-refractivity contribution in [3.8, 4) is 0 Å². The first-order valence-electron chi connectivity index (χ1n) is 4.71. The molecule has 0 radical (unpaired) electrons. The molecule has 16 heavy (non-hydrogen) atoms. The molecule has 0 spiro atoms. The molecular formula is C8H15N3O4S. The van der Waals surface area contributed by atoms with Crippen molar-refractivity contribution >= 4 is 10.0 Å². The normalized spacial score (nSPS) is 12.2. The lowest BCUT2D eigenvalue weighted by Gasteiger charge is -2.19. The van der Waals surface area contributed by atoms with Crippen molar-refractivity contribution in [2.45, 2.75) is 5.03 Å². The van der Waals surface area contributed by atoms with Crippen LogP contribution in [0.25, 0.3) is 0 Å². The van der Waals surface area contributed by atoms with Crippen molar-refractivity contribution in [3.05, 3.63) is 12.5 Å². The predicted molar refractivity (Wildman–Crippen MR) is 56.3 cm³/mol. The molecule has 0 bridgehead atoms. The van der Waals surface area contributed by atoms with E-state index in [4.69, 9.17) is 9.84 Å². The number of ether oxygens (including phenoxy) is 1. The molecule has 0 saturated heterocycles. The highest BCUT2D eigenvalue weighted by Gasteiger charge is 2.24. The van der Waals surface area contributed by atoms with E-state index in [0.717, 1.165) is 4.31 Å². The van der Waals surface area contributed by atoms with Crippen molar-refractivity contribution in [3.63, 3.8) is 0 Å². The van der Waals surface area contributed by atoms with Gasteiger partial charge >= 0.3 is 0 Å². The summed E-state index contributed by atoms with van der Waals surface area (Å²) in [4.78, 5) is 6.19. The van der Waals surface area contributed by atoms with E-state index < -0.39 is 10.0 Å². The van der Waals surface area contributed by atoms with Gasteiger partial charge in [-0.15, -0.1) is 0 Å². The smallest absolute Gasteiger partial charge is 0.260 e. The van der Waals surface area contributed by atoms with Crippen LogP contribution in [0.2, 0.25) is 0 Å². The Morgan fingerprint density at radius 3 is 2.81 bits per heavy atom. The number of aliphatic hydroxyl groups is 1. The molecule has 7 nitrogen and oxygen atoms in total. The lowest BCUT2D eigenvalue weighted by molar-refractivity contribution is 0.168. The van der Waals surface area contributed by atoms with E-state index in [-0.39, 0.29) is 31.3 Å². The lowest BCUT2D eigenvalue weighted by Crippen LogP contribution is -2.36. The molecule has 1 aromatic rings. The van der Waals surface area contributed by atoms with Crippen LogP contribution in [0.3, 0.4) is 0 Å². The zero-order valence-corrected chi connectivity index (χ0v) is 9.77. The van der Waals surface area contributed by atoms with E-state index in [1.807, 2.05) is 0 Å². The summed E-state index contributed by atoms with van der Waals surface area (Å²) in [5.74, 6) is 0. The Labute approximate surface area is 94.1 Å². The number of nitrogens with one attached hydrogen (secondary N) is 1. The van der Waals surface area contributed by atoms with Gasteiger partial charge in [0.15, 0.2) is 5.03 Å². The molecule has 1 aromatic heterocycles. The van der Waals surface area contributed by atoms with Gasteiger partial charge in [-0.05, 0) is 0 Å². The Kier molecular flexibility index (Phi) is 4.87. The number of H-pyrrole nitrogens is 1. The molecule has 0 unspecified atom stereocenters. The van der Waals surface area contributed by atoms with Gasteiger partial charge < -0.3 is 14.8 Å². The molecule has 1 rings (SSSR count). The minimum Gasteiger partial charge on any atom is -0.395 e. The number of rotatable bonds is 7. The largest absolute Gasteiger partial charge is 0.395 e. The van der Waals surface area contributed by atoms with Crippen LogP contribution in [0.4, 0.5) is 0 Å². The highest BCUT2D eigenvalue weighted by Crippen LogP contribution is 2.11. The molecular weight excluding hydrogens is 234 g/mol. The number of aromatic nitrogens is 2. The number of methoxy groups -OCH3 is 1. The fourth-order valence-electron chi connectivity index (χ4n) is 1.18. The number of hydrogen-bond acceptors (Lipinski definition) is 5. The Morgan fingerprint density at radius 2 is 2.31 bits per heavy atom. The second-order valence-corrected chi connectivity index (χ2v) is 4.94. The van der Waals surface area contributed by atoms with Gasteiger partial charge in [-0.1, -0.05) is 0 Å². The average Bonchev–Trinajstić information content (AvgIpc) is 2.77. The summed E-state index contributed by atoms with van der Waals surface area (Å²) in [6, 6.07) is 0. The topological polar surface area (TPSA) is 95.5 Å². The second-order valence-electron chi connectivity index (χ2n) is 3.04. The Balaban J connectivity index is 2.84. The van der Waals surface area contributed by atoms with E-state index >= 15 is 0 Å². The molecule has 0 aromatic carbocycles. The van der Waals surface area contributed by atoms with Gasteiger partial charge in [0, 0.05) is 20.2 Å². The number of aromatic amines is 1. The zero-order valence-electron chi connectivity index (χ0n) is 8.96. The lowest BCUT2D eigenvalue weighted by atomic mass is 10.6. The highest BCUT2D eigenvalue weighted by atomic mass is 32.2. The highest BCUT2D eigenvalue weighted by molar-refractivity contribution is 7.89. The SMILES string of the molecule is COCCN(CCO)S(=O)(=O)c1cnc[nH]1. The second kappa shape index (κ2) is 5.94. The van der Waals surface area contributed by atoms with E-state index in [1.165, 1.54) is 19.6 Å². The molecule has 92 valence electrons. The van der Waals surface area contributed by atoms with Crippen molar-refractivity contribution < 1.29 is 18.3 Å². The first-order chi connectivity index (χ1) is 7.62. The first-order valence-corrected chi connectivity index (χ1v) is 6.15. The van der Waals surface area contributed by atoms with Crippen LogP contribution >= 0.6 is 0 Å². The predicted octanol–water partition coefficient (Wildman–Crippen LogP) is -0.961. The third-order valence-corrected chi connectivity index (χ3v) is 3.81. The fourth-order valence-corrected chi connectivity index (χ4v) is 2.49. The minimum atomic E-state index is -3.62. The molecule has 8 heteroatoms. The van der Waals surface area contributed by atoms with Crippen LogP contribution in [-0.2, 0) is 14.8 Å². The summed E-state index contributed by atoms with van der Waals surface area (Å²) < 4.78 is 29.9. The van der Waals surface area contributed by atoms with E-state index in [0.29, 0.717) is 0 Å². The van der Waals surface area contributed by atoms with Gasteiger partial charge in [-0.2, -0.15) is 4.31 Å². The van der Waals surface area contributed by atoms with Crippen LogP contribution in [0.1, 0.15) is 0 Å².